The zero-order chi connectivity index (χ0) is 14.1. The Kier molecular flexibility index (Phi) is 2.95. The minimum atomic E-state index is 0.261. The van der Waals surface area contributed by atoms with Crippen LogP contribution < -0.4 is 11.1 Å². The van der Waals surface area contributed by atoms with E-state index in [1.165, 1.54) is 0 Å². The Labute approximate surface area is 116 Å². The van der Waals surface area contributed by atoms with Gasteiger partial charge in [-0.15, -0.1) is 0 Å². The van der Waals surface area contributed by atoms with Gasteiger partial charge in [0.05, 0.1) is 11.2 Å². The van der Waals surface area contributed by atoms with Crippen LogP contribution >= 0.6 is 0 Å². The monoisotopic (exact) mass is 265 g/mol. The molecule has 3 rings (SSSR count). The minimum absolute atomic E-state index is 0.261. The zero-order valence-electron chi connectivity index (χ0n) is 11.4. The first-order valence-corrected chi connectivity index (χ1v) is 6.36. The molecule has 20 heavy (non-hydrogen) atoms. The van der Waals surface area contributed by atoms with E-state index in [2.05, 4.69) is 26.3 Å². The summed E-state index contributed by atoms with van der Waals surface area (Å²) in [7, 11) is 0. The molecule has 3 aromatic rings. The summed E-state index contributed by atoms with van der Waals surface area (Å²) in [6, 6.07) is 11.9. The van der Waals surface area contributed by atoms with Crippen LogP contribution in [0.15, 0.2) is 36.4 Å². The number of aryl methyl sites for hydroxylation is 2. The van der Waals surface area contributed by atoms with Gasteiger partial charge in [0.1, 0.15) is 5.82 Å². The third kappa shape index (κ3) is 2.38. The topological polar surface area (TPSA) is 76.7 Å². The van der Waals surface area contributed by atoms with Crippen molar-refractivity contribution in [3.05, 3.63) is 47.8 Å². The van der Waals surface area contributed by atoms with Crippen LogP contribution in [0.4, 0.5) is 17.5 Å². The highest BCUT2D eigenvalue weighted by Crippen LogP contribution is 2.24. The van der Waals surface area contributed by atoms with Crippen molar-refractivity contribution in [1.82, 2.24) is 15.0 Å². The molecule has 5 heteroatoms. The van der Waals surface area contributed by atoms with E-state index >= 15 is 0 Å². The van der Waals surface area contributed by atoms with E-state index in [9.17, 15) is 0 Å². The molecule has 1 aromatic carbocycles. The SMILES string of the molecule is Cc1cc(Nc2cccc3ccc(C)nc23)nc(N)n1. The van der Waals surface area contributed by atoms with Gasteiger partial charge in [0.25, 0.3) is 0 Å². The number of benzene rings is 1. The van der Waals surface area contributed by atoms with Crippen LogP contribution in [0.1, 0.15) is 11.4 Å². The largest absolute Gasteiger partial charge is 0.368 e. The molecule has 2 aromatic heterocycles. The van der Waals surface area contributed by atoms with Gasteiger partial charge in [0.15, 0.2) is 0 Å². The van der Waals surface area contributed by atoms with Crippen LogP contribution in [0, 0.1) is 13.8 Å². The number of para-hydroxylation sites is 1. The highest BCUT2D eigenvalue weighted by Gasteiger charge is 2.05. The van der Waals surface area contributed by atoms with Crippen molar-refractivity contribution in [3.8, 4) is 0 Å². The van der Waals surface area contributed by atoms with Crippen molar-refractivity contribution >= 4 is 28.4 Å². The fourth-order valence-corrected chi connectivity index (χ4v) is 2.14. The number of aromatic nitrogens is 3. The highest BCUT2D eigenvalue weighted by molar-refractivity contribution is 5.91. The van der Waals surface area contributed by atoms with E-state index in [0.717, 1.165) is 28.0 Å². The zero-order valence-corrected chi connectivity index (χ0v) is 11.4. The van der Waals surface area contributed by atoms with Gasteiger partial charge in [-0.05, 0) is 26.0 Å². The average molecular weight is 265 g/mol. The van der Waals surface area contributed by atoms with Crippen LogP contribution in [0.5, 0.6) is 0 Å². The van der Waals surface area contributed by atoms with Gasteiger partial charge >= 0.3 is 0 Å². The molecule has 0 unspecified atom stereocenters. The van der Waals surface area contributed by atoms with Crippen molar-refractivity contribution in [2.45, 2.75) is 13.8 Å². The lowest BCUT2D eigenvalue weighted by Crippen LogP contribution is -2.02. The minimum Gasteiger partial charge on any atom is -0.368 e. The molecule has 0 saturated carbocycles. The number of nitrogen functional groups attached to an aromatic ring is 1. The first kappa shape index (κ1) is 12.3. The Morgan fingerprint density at radius 1 is 0.950 bits per heavy atom. The third-order valence-electron chi connectivity index (χ3n) is 2.99. The maximum absolute atomic E-state index is 5.67. The normalized spacial score (nSPS) is 10.7. The number of nitrogens with one attached hydrogen (secondary N) is 1. The maximum atomic E-state index is 5.67. The summed E-state index contributed by atoms with van der Waals surface area (Å²) in [4.78, 5) is 12.8. The molecule has 0 aliphatic carbocycles. The van der Waals surface area contributed by atoms with Crippen molar-refractivity contribution in [1.29, 1.82) is 0 Å². The van der Waals surface area contributed by atoms with Gasteiger partial charge in [0.2, 0.25) is 5.95 Å². The molecule has 5 nitrogen and oxygen atoms in total. The van der Waals surface area contributed by atoms with Crippen LogP contribution in [0.2, 0.25) is 0 Å². The quantitative estimate of drug-likeness (QED) is 0.745. The third-order valence-corrected chi connectivity index (χ3v) is 2.99. The summed E-state index contributed by atoms with van der Waals surface area (Å²) in [5.41, 5.74) is 9.30. The Hall–Kier alpha value is -2.69. The van der Waals surface area contributed by atoms with Gasteiger partial charge in [-0.3, -0.25) is 4.98 Å². The number of rotatable bonds is 2. The van der Waals surface area contributed by atoms with Crippen LogP contribution in [0.25, 0.3) is 10.9 Å². The molecular weight excluding hydrogens is 250 g/mol. The number of fused-ring (bicyclic) bond motifs is 1. The van der Waals surface area contributed by atoms with E-state index in [0.29, 0.717) is 5.82 Å². The number of anilines is 3. The molecule has 0 saturated heterocycles. The summed E-state index contributed by atoms with van der Waals surface area (Å²) < 4.78 is 0. The second kappa shape index (κ2) is 4.77. The molecule has 3 N–H and O–H groups in total. The summed E-state index contributed by atoms with van der Waals surface area (Å²) in [6.45, 7) is 3.86. The number of nitrogens with two attached hydrogens (primary N) is 1. The molecule has 0 aliphatic rings. The maximum Gasteiger partial charge on any atom is 0.222 e. The first-order valence-electron chi connectivity index (χ1n) is 6.36. The van der Waals surface area contributed by atoms with E-state index in [4.69, 9.17) is 5.73 Å². The second-order valence-corrected chi connectivity index (χ2v) is 4.71. The van der Waals surface area contributed by atoms with Gasteiger partial charge in [-0.2, -0.15) is 4.98 Å². The first-order chi connectivity index (χ1) is 9.61. The van der Waals surface area contributed by atoms with E-state index in [-0.39, 0.29) is 5.95 Å². The Morgan fingerprint density at radius 2 is 1.80 bits per heavy atom. The fourth-order valence-electron chi connectivity index (χ4n) is 2.14. The molecule has 0 spiro atoms. The Morgan fingerprint density at radius 3 is 2.60 bits per heavy atom. The molecule has 0 radical (unpaired) electrons. The summed E-state index contributed by atoms with van der Waals surface area (Å²) in [6.07, 6.45) is 0. The molecular formula is C15H15N5. The number of nitrogens with zero attached hydrogens (tertiary/aromatic N) is 3. The average Bonchev–Trinajstić information content (AvgIpc) is 2.38. The molecule has 0 atom stereocenters. The molecule has 0 aliphatic heterocycles. The standard InChI is InChI=1S/C15H15N5/c1-9-6-7-11-4-3-5-12(14(11)17-9)19-13-8-10(2)18-15(16)20-13/h3-8H,1-2H3,(H3,16,18,19,20). The van der Waals surface area contributed by atoms with Crippen molar-refractivity contribution < 1.29 is 0 Å². The molecule has 0 bridgehead atoms. The summed E-state index contributed by atoms with van der Waals surface area (Å²) in [5.74, 6) is 0.933. The van der Waals surface area contributed by atoms with Crippen molar-refractivity contribution in [2.75, 3.05) is 11.1 Å². The second-order valence-electron chi connectivity index (χ2n) is 4.71. The van der Waals surface area contributed by atoms with Crippen LogP contribution in [-0.4, -0.2) is 15.0 Å². The lowest BCUT2D eigenvalue weighted by molar-refractivity contribution is 1.12. The highest BCUT2D eigenvalue weighted by atomic mass is 15.1. The number of hydrogen-bond acceptors (Lipinski definition) is 5. The molecule has 2 heterocycles. The van der Waals surface area contributed by atoms with Gasteiger partial charge in [0, 0.05) is 22.8 Å². The van der Waals surface area contributed by atoms with Crippen molar-refractivity contribution in [2.24, 2.45) is 0 Å². The summed E-state index contributed by atoms with van der Waals surface area (Å²) in [5, 5.41) is 4.34. The lowest BCUT2D eigenvalue weighted by Gasteiger charge is -2.10. The van der Waals surface area contributed by atoms with Gasteiger partial charge < -0.3 is 11.1 Å². The Bertz CT molecular complexity index is 762. The van der Waals surface area contributed by atoms with E-state index in [1.807, 2.05) is 44.2 Å². The number of pyridine rings is 1. The van der Waals surface area contributed by atoms with Crippen LogP contribution in [0.3, 0.4) is 0 Å². The molecule has 0 amide bonds. The van der Waals surface area contributed by atoms with Crippen LogP contribution in [-0.2, 0) is 0 Å². The van der Waals surface area contributed by atoms with E-state index in [1.54, 1.807) is 0 Å². The summed E-state index contributed by atoms with van der Waals surface area (Å²) >= 11 is 0. The van der Waals surface area contributed by atoms with E-state index < -0.39 is 0 Å². The lowest BCUT2D eigenvalue weighted by atomic mass is 10.1. The predicted molar refractivity (Wildman–Crippen MR) is 80.9 cm³/mol. The van der Waals surface area contributed by atoms with Gasteiger partial charge in [-0.1, -0.05) is 18.2 Å². The molecule has 100 valence electrons. The molecule has 0 fully saturated rings. The smallest absolute Gasteiger partial charge is 0.222 e. The number of hydrogen-bond donors (Lipinski definition) is 2. The van der Waals surface area contributed by atoms with Crippen molar-refractivity contribution in [3.63, 3.8) is 0 Å². The Balaban J connectivity index is 2.08. The van der Waals surface area contributed by atoms with Gasteiger partial charge in [-0.25, -0.2) is 4.98 Å². The predicted octanol–water partition coefficient (Wildman–Crippen LogP) is 2.97. The fraction of sp³-hybridized carbons (Fsp3) is 0.133.